The molecule has 1 saturated carbocycles. The number of hydrogen-bond donors (Lipinski definition) is 1. The fourth-order valence-corrected chi connectivity index (χ4v) is 2.73. The lowest BCUT2D eigenvalue weighted by atomic mass is 10.1. The average Bonchev–Trinajstić information content (AvgIpc) is 3.44. The number of fused-ring (bicyclic) bond motifs is 1. The highest BCUT2D eigenvalue weighted by molar-refractivity contribution is 5.82. The van der Waals surface area contributed by atoms with Crippen molar-refractivity contribution in [1.29, 1.82) is 0 Å². The molecule has 1 fully saturated rings. The predicted molar refractivity (Wildman–Crippen MR) is 94.4 cm³/mol. The molecule has 0 radical (unpaired) electrons. The summed E-state index contributed by atoms with van der Waals surface area (Å²) in [6.07, 6.45) is 4.06. The van der Waals surface area contributed by atoms with E-state index in [0.717, 1.165) is 17.9 Å². The molecule has 0 unspecified atom stereocenters. The van der Waals surface area contributed by atoms with Crippen molar-refractivity contribution < 1.29 is 9.15 Å². The molecule has 2 aromatic carbocycles. The average molecular weight is 321 g/mol. The van der Waals surface area contributed by atoms with E-state index in [2.05, 4.69) is 5.32 Å². The Kier molecular flexibility index (Phi) is 4.05. The molecule has 3 aromatic rings. The SMILES string of the molecule is O=c1c(-c2ccccc2)coc2cc(OCCNC3CC3)ccc12. The Labute approximate surface area is 140 Å². The van der Waals surface area contributed by atoms with E-state index in [1.165, 1.54) is 19.1 Å². The molecule has 0 spiro atoms. The van der Waals surface area contributed by atoms with Crippen LogP contribution in [0.4, 0.5) is 0 Å². The van der Waals surface area contributed by atoms with Gasteiger partial charge in [-0.2, -0.15) is 0 Å². The molecule has 122 valence electrons. The molecule has 1 N–H and O–H groups in total. The number of hydrogen-bond acceptors (Lipinski definition) is 4. The van der Waals surface area contributed by atoms with Crippen LogP contribution in [0.5, 0.6) is 5.75 Å². The topological polar surface area (TPSA) is 51.5 Å². The Morgan fingerprint density at radius 1 is 1.12 bits per heavy atom. The quantitative estimate of drug-likeness (QED) is 0.705. The van der Waals surface area contributed by atoms with E-state index in [9.17, 15) is 4.79 Å². The number of nitrogens with one attached hydrogen (secondary N) is 1. The molecule has 0 atom stereocenters. The van der Waals surface area contributed by atoms with Crippen LogP contribution in [-0.4, -0.2) is 19.2 Å². The van der Waals surface area contributed by atoms with Gasteiger partial charge < -0.3 is 14.5 Å². The van der Waals surface area contributed by atoms with Gasteiger partial charge in [0.15, 0.2) is 5.43 Å². The van der Waals surface area contributed by atoms with Gasteiger partial charge in [0.1, 0.15) is 24.2 Å². The van der Waals surface area contributed by atoms with Crippen LogP contribution in [0.3, 0.4) is 0 Å². The van der Waals surface area contributed by atoms with Crippen molar-refractivity contribution in [3.05, 3.63) is 65.0 Å². The molecule has 4 nitrogen and oxygen atoms in total. The minimum absolute atomic E-state index is 0.0237. The third-order valence-electron chi connectivity index (χ3n) is 4.21. The molecule has 1 aliphatic carbocycles. The molecule has 4 heteroatoms. The van der Waals surface area contributed by atoms with E-state index < -0.39 is 0 Å². The predicted octanol–water partition coefficient (Wildman–Crippen LogP) is 3.59. The fraction of sp³-hybridized carbons (Fsp3) is 0.250. The first-order valence-electron chi connectivity index (χ1n) is 8.28. The van der Waals surface area contributed by atoms with E-state index >= 15 is 0 Å². The summed E-state index contributed by atoms with van der Waals surface area (Å²) in [5.74, 6) is 0.718. The van der Waals surface area contributed by atoms with Gasteiger partial charge in [-0.15, -0.1) is 0 Å². The zero-order valence-electron chi connectivity index (χ0n) is 13.3. The van der Waals surface area contributed by atoms with Gasteiger partial charge in [0.2, 0.25) is 0 Å². The second-order valence-electron chi connectivity index (χ2n) is 6.08. The number of rotatable bonds is 6. The maximum atomic E-state index is 12.7. The normalized spacial score (nSPS) is 14.0. The summed E-state index contributed by atoms with van der Waals surface area (Å²) in [5.41, 5.74) is 1.96. The summed E-state index contributed by atoms with van der Waals surface area (Å²) in [6.45, 7) is 1.44. The largest absolute Gasteiger partial charge is 0.492 e. The van der Waals surface area contributed by atoms with Crippen molar-refractivity contribution in [2.75, 3.05) is 13.2 Å². The van der Waals surface area contributed by atoms with Gasteiger partial charge >= 0.3 is 0 Å². The monoisotopic (exact) mass is 321 g/mol. The maximum Gasteiger partial charge on any atom is 0.200 e. The van der Waals surface area contributed by atoms with Crippen LogP contribution >= 0.6 is 0 Å². The Morgan fingerprint density at radius 2 is 1.96 bits per heavy atom. The van der Waals surface area contributed by atoms with Crippen LogP contribution in [0.2, 0.25) is 0 Å². The van der Waals surface area contributed by atoms with Crippen molar-refractivity contribution in [2.24, 2.45) is 0 Å². The zero-order valence-corrected chi connectivity index (χ0v) is 13.3. The summed E-state index contributed by atoms with van der Waals surface area (Å²) in [6, 6.07) is 15.6. The highest BCUT2D eigenvalue weighted by atomic mass is 16.5. The molecule has 0 saturated heterocycles. The first-order valence-corrected chi connectivity index (χ1v) is 8.28. The Hall–Kier alpha value is -2.59. The van der Waals surface area contributed by atoms with Gasteiger partial charge in [0.05, 0.1) is 10.9 Å². The Bertz CT molecular complexity index is 898. The lowest BCUT2D eigenvalue weighted by molar-refractivity contribution is 0.313. The molecular weight excluding hydrogens is 302 g/mol. The van der Waals surface area contributed by atoms with Gasteiger partial charge in [0, 0.05) is 18.7 Å². The molecule has 0 amide bonds. The van der Waals surface area contributed by atoms with E-state index in [1.807, 2.05) is 36.4 Å². The standard InChI is InChI=1S/C20H19NO3/c22-20-17-9-8-16(23-11-10-21-15-6-7-15)12-19(17)24-13-18(20)14-4-2-1-3-5-14/h1-5,8-9,12-13,15,21H,6-7,10-11H2. The van der Waals surface area contributed by atoms with Crippen molar-refractivity contribution in [2.45, 2.75) is 18.9 Å². The van der Waals surface area contributed by atoms with E-state index in [1.54, 1.807) is 12.1 Å². The van der Waals surface area contributed by atoms with Crippen molar-refractivity contribution >= 4 is 11.0 Å². The van der Waals surface area contributed by atoms with Crippen LogP contribution in [-0.2, 0) is 0 Å². The summed E-state index contributed by atoms with van der Waals surface area (Å²) in [7, 11) is 0. The molecular formula is C20H19NO3. The van der Waals surface area contributed by atoms with Crippen LogP contribution in [0.25, 0.3) is 22.1 Å². The van der Waals surface area contributed by atoms with E-state index in [4.69, 9.17) is 9.15 Å². The molecule has 0 aliphatic heterocycles. The summed E-state index contributed by atoms with van der Waals surface area (Å²) >= 11 is 0. The lowest BCUT2D eigenvalue weighted by Crippen LogP contribution is -2.22. The maximum absolute atomic E-state index is 12.7. The Morgan fingerprint density at radius 3 is 2.75 bits per heavy atom. The van der Waals surface area contributed by atoms with Gasteiger partial charge in [-0.05, 0) is 30.5 Å². The molecule has 0 bridgehead atoms. The van der Waals surface area contributed by atoms with Crippen LogP contribution in [0, 0.1) is 0 Å². The van der Waals surface area contributed by atoms with E-state index in [0.29, 0.717) is 29.2 Å². The molecule has 1 heterocycles. The van der Waals surface area contributed by atoms with Crippen molar-refractivity contribution in [3.63, 3.8) is 0 Å². The van der Waals surface area contributed by atoms with Crippen molar-refractivity contribution in [3.8, 4) is 16.9 Å². The second kappa shape index (κ2) is 6.49. The molecule has 4 rings (SSSR count). The first-order chi connectivity index (χ1) is 11.8. The van der Waals surface area contributed by atoms with Crippen LogP contribution < -0.4 is 15.5 Å². The molecule has 1 aliphatic rings. The van der Waals surface area contributed by atoms with Gasteiger partial charge in [-0.25, -0.2) is 0 Å². The third-order valence-corrected chi connectivity index (χ3v) is 4.21. The van der Waals surface area contributed by atoms with E-state index in [-0.39, 0.29) is 5.43 Å². The molecule has 1 aromatic heterocycles. The van der Waals surface area contributed by atoms with Gasteiger partial charge in [-0.1, -0.05) is 30.3 Å². The van der Waals surface area contributed by atoms with Crippen LogP contribution in [0.15, 0.2) is 64.0 Å². The Balaban J connectivity index is 1.55. The summed E-state index contributed by atoms with van der Waals surface area (Å²) < 4.78 is 11.4. The third kappa shape index (κ3) is 3.19. The number of ether oxygens (including phenoxy) is 1. The lowest BCUT2D eigenvalue weighted by Gasteiger charge is -2.08. The highest BCUT2D eigenvalue weighted by Crippen LogP contribution is 2.23. The van der Waals surface area contributed by atoms with Gasteiger partial charge in [0.25, 0.3) is 0 Å². The minimum atomic E-state index is -0.0237. The van der Waals surface area contributed by atoms with Gasteiger partial charge in [-0.3, -0.25) is 4.79 Å². The van der Waals surface area contributed by atoms with Crippen molar-refractivity contribution in [1.82, 2.24) is 5.32 Å². The number of benzene rings is 2. The zero-order chi connectivity index (χ0) is 16.4. The second-order valence-corrected chi connectivity index (χ2v) is 6.08. The highest BCUT2D eigenvalue weighted by Gasteiger charge is 2.19. The summed E-state index contributed by atoms with van der Waals surface area (Å²) in [5, 5.41) is 3.97. The fourth-order valence-electron chi connectivity index (χ4n) is 2.73. The summed E-state index contributed by atoms with van der Waals surface area (Å²) in [4.78, 5) is 12.7. The van der Waals surface area contributed by atoms with Crippen LogP contribution in [0.1, 0.15) is 12.8 Å². The first kappa shape index (κ1) is 15.0. The molecule has 24 heavy (non-hydrogen) atoms. The minimum Gasteiger partial charge on any atom is -0.492 e. The smallest absolute Gasteiger partial charge is 0.200 e.